The first-order valence-corrected chi connectivity index (χ1v) is 8.22. The van der Waals surface area contributed by atoms with E-state index >= 15 is 0 Å². The summed E-state index contributed by atoms with van der Waals surface area (Å²) in [6.07, 6.45) is 0.410. The predicted molar refractivity (Wildman–Crippen MR) is 93.4 cm³/mol. The van der Waals surface area contributed by atoms with Crippen LogP contribution >= 0.6 is 0 Å². The highest BCUT2D eigenvalue weighted by Crippen LogP contribution is 2.20. The molecule has 0 spiro atoms. The second-order valence-electron chi connectivity index (χ2n) is 6.17. The quantitative estimate of drug-likeness (QED) is 0.878. The molecule has 2 N–H and O–H groups in total. The third kappa shape index (κ3) is 4.79. The van der Waals surface area contributed by atoms with Gasteiger partial charge in [0.05, 0.1) is 0 Å². The van der Waals surface area contributed by atoms with Crippen molar-refractivity contribution in [1.29, 1.82) is 0 Å². The number of urea groups is 1. The zero-order valence-corrected chi connectivity index (χ0v) is 13.7. The summed E-state index contributed by atoms with van der Waals surface area (Å²) in [5, 5.41) is 5.56. The lowest BCUT2D eigenvalue weighted by atomic mass is 10.1. The fraction of sp³-hybridized carbons (Fsp3) is 0.263. The van der Waals surface area contributed by atoms with E-state index in [9.17, 15) is 14.0 Å². The molecule has 0 aliphatic carbocycles. The fourth-order valence-electron chi connectivity index (χ4n) is 2.89. The molecule has 25 heavy (non-hydrogen) atoms. The highest BCUT2D eigenvalue weighted by atomic mass is 19.1. The van der Waals surface area contributed by atoms with Crippen molar-refractivity contribution in [3.63, 3.8) is 0 Å². The first-order chi connectivity index (χ1) is 12.1. The van der Waals surface area contributed by atoms with E-state index in [0.717, 1.165) is 11.3 Å². The van der Waals surface area contributed by atoms with E-state index in [1.54, 1.807) is 17.0 Å². The van der Waals surface area contributed by atoms with Crippen LogP contribution in [-0.2, 0) is 11.3 Å². The van der Waals surface area contributed by atoms with Gasteiger partial charge < -0.3 is 15.5 Å². The molecule has 0 bridgehead atoms. The van der Waals surface area contributed by atoms with Crippen LogP contribution in [0.15, 0.2) is 54.6 Å². The Kier molecular flexibility index (Phi) is 5.28. The first-order valence-electron chi connectivity index (χ1n) is 8.22. The van der Waals surface area contributed by atoms with Crippen molar-refractivity contribution in [3.05, 3.63) is 66.0 Å². The van der Waals surface area contributed by atoms with E-state index in [4.69, 9.17) is 0 Å². The van der Waals surface area contributed by atoms with Gasteiger partial charge in [-0.1, -0.05) is 30.3 Å². The van der Waals surface area contributed by atoms with Gasteiger partial charge in [-0.25, -0.2) is 9.18 Å². The number of hydrogen-bond donors (Lipinski definition) is 2. The summed E-state index contributed by atoms with van der Waals surface area (Å²) in [7, 11) is 0. The molecule has 1 fully saturated rings. The van der Waals surface area contributed by atoms with E-state index < -0.39 is 0 Å². The zero-order chi connectivity index (χ0) is 17.6. The minimum Gasteiger partial charge on any atom is -0.338 e. The van der Waals surface area contributed by atoms with E-state index in [-0.39, 0.29) is 23.7 Å². The lowest BCUT2D eigenvalue weighted by Gasteiger charge is -2.17. The topological polar surface area (TPSA) is 61.4 Å². The molecule has 1 heterocycles. The van der Waals surface area contributed by atoms with Crippen molar-refractivity contribution < 1.29 is 14.0 Å². The molecule has 0 saturated carbocycles. The molecule has 1 saturated heterocycles. The molecular formula is C19H20FN3O2. The molecule has 130 valence electrons. The Labute approximate surface area is 145 Å². The number of benzene rings is 2. The molecule has 6 heteroatoms. The van der Waals surface area contributed by atoms with Crippen LogP contribution in [0, 0.1) is 11.7 Å². The van der Waals surface area contributed by atoms with Crippen LogP contribution in [-0.4, -0.2) is 29.9 Å². The largest absolute Gasteiger partial charge is 0.338 e. The van der Waals surface area contributed by atoms with Crippen LogP contribution in [0.2, 0.25) is 0 Å². The lowest BCUT2D eigenvalue weighted by molar-refractivity contribution is -0.128. The van der Waals surface area contributed by atoms with Gasteiger partial charge in [-0.2, -0.15) is 0 Å². The van der Waals surface area contributed by atoms with Crippen molar-refractivity contribution in [2.24, 2.45) is 5.92 Å². The normalized spacial score (nSPS) is 16.8. The SMILES string of the molecule is O=C(NC[C@@H]1CC(=O)N(Cc2ccc(F)cc2)C1)Nc1ccccc1. The van der Waals surface area contributed by atoms with Gasteiger partial charge in [0.1, 0.15) is 5.82 Å². The van der Waals surface area contributed by atoms with Gasteiger partial charge in [-0.05, 0) is 29.8 Å². The Morgan fingerprint density at radius 2 is 1.84 bits per heavy atom. The number of hydrogen-bond acceptors (Lipinski definition) is 2. The van der Waals surface area contributed by atoms with E-state index in [2.05, 4.69) is 10.6 Å². The molecule has 3 amide bonds. The second-order valence-corrected chi connectivity index (χ2v) is 6.17. The third-order valence-electron chi connectivity index (χ3n) is 4.16. The summed E-state index contributed by atoms with van der Waals surface area (Å²) in [6.45, 7) is 1.48. The molecule has 1 aliphatic heterocycles. The van der Waals surface area contributed by atoms with Crippen LogP contribution in [0.1, 0.15) is 12.0 Å². The number of amides is 3. The number of nitrogens with zero attached hydrogens (tertiary/aromatic N) is 1. The number of anilines is 1. The van der Waals surface area contributed by atoms with Gasteiger partial charge in [0.15, 0.2) is 0 Å². The van der Waals surface area contributed by atoms with Crippen molar-refractivity contribution in [2.75, 3.05) is 18.4 Å². The Morgan fingerprint density at radius 1 is 1.12 bits per heavy atom. The number of nitrogens with one attached hydrogen (secondary N) is 2. The molecule has 0 unspecified atom stereocenters. The molecule has 3 rings (SSSR count). The standard InChI is InChI=1S/C19H20FN3O2/c20-16-8-6-14(7-9-16)12-23-13-15(10-18(23)24)11-21-19(25)22-17-4-2-1-3-5-17/h1-9,15H,10-13H2,(H2,21,22,25)/t15-/m0/s1. The zero-order valence-electron chi connectivity index (χ0n) is 13.7. The highest BCUT2D eigenvalue weighted by molar-refractivity contribution is 5.89. The second kappa shape index (κ2) is 7.79. The van der Waals surface area contributed by atoms with Gasteiger partial charge in [0, 0.05) is 37.7 Å². The number of rotatable bonds is 5. The van der Waals surface area contributed by atoms with Crippen molar-refractivity contribution in [3.8, 4) is 0 Å². The van der Waals surface area contributed by atoms with E-state index in [0.29, 0.717) is 26.1 Å². The molecule has 1 aliphatic rings. The average Bonchev–Trinajstić information content (AvgIpc) is 2.96. The summed E-state index contributed by atoms with van der Waals surface area (Å²) >= 11 is 0. The Morgan fingerprint density at radius 3 is 2.56 bits per heavy atom. The monoisotopic (exact) mass is 341 g/mol. The number of carbonyl (C=O) groups is 2. The van der Waals surface area contributed by atoms with Crippen LogP contribution < -0.4 is 10.6 Å². The van der Waals surface area contributed by atoms with Gasteiger partial charge in [0.25, 0.3) is 0 Å². The van der Waals surface area contributed by atoms with Crippen molar-refractivity contribution in [1.82, 2.24) is 10.2 Å². The number of carbonyl (C=O) groups excluding carboxylic acids is 2. The number of para-hydroxylation sites is 1. The van der Waals surface area contributed by atoms with Crippen molar-refractivity contribution >= 4 is 17.6 Å². The first kappa shape index (κ1) is 17.0. The maximum absolute atomic E-state index is 12.9. The smallest absolute Gasteiger partial charge is 0.319 e. The predicted octanol–water partition coefficient (Wildman–Crippen LogP) is 3.00. The minimum absolute atomic E-state index is 0.0552. The summed E-state index contributed by atoms with van der Waals surface area (Å²) in [4.78, 5) is 25.8. The minimum atomic E-state index is -0.289. The summed E-state index contributed by atoms with van der Waals surface area (Å²) < 4.78 is 12.9. The summed E-state index contributed by atoms with van der Waals surface area (Å²) in [6, 6.07) is 15.1. The Hall–Kier alpha value is -2.89. The van der Waals surface area contributed by atoms with Crippen LogP contribution in [0.5, 0.6) is 0 Å². The fourth-order valence-corrected chi connectivity index (χ4v) is 2.89. The summed E-state index contributed by atoms with van der Waals surface area (Å²) in [5.41, 5.74) is 1.62. The molecule has 5 nitrogen and oxygen atoms in total. The number of likely N-dealkylation sites (tertiary alicyclic amines) is 1. The summed E-state index contributed by atoms with van der Waals surface area (Å²) in [5.74, 6) is -0.155. The molecular weight excluding hydrogens is 321 g/mol. The van der Waals surface area contributed by atoms with Crippen LogP contribution in [0.4, 0.5) is 14.9 Å². The lowest BCUT2D eigenvalue weighted by Crippen LogP contribution is -2.34. The molecule has 2 aromatic rings. The number of halogens is 1. The average molecular weight is 341 g/mol. The van der Waals surface area contributed by atoms with E-state index in [1.165, 1.54) is 12.1 Å². The molecule has 0 radical (unpaired) electrons. The van der Waals surface area contributed by atoms with Crippen molar-refractivity contribution in [2.45, 2.75) is 13.0 Å². The van der Waals surface area contributed by atoms with E-state index in [1.807, 2.05) is 30.3 Å². The van der Waals surface area contributed by atoms with Crippen LogP contribution in [0.25, 0.3) is 0 Å². The highest BCUT2D eigenvalue weighted by Gasteiger charge is 2.29. The van der Waals surface area contributed by atoms with Gasteiger partial charge in [-0.3, -0.25) is 4.79 Å². The molecule has 1 atom stereocenters. The Bertz CT molecular complexity index is 734. The van der Waals surface area contributed by atoms with Gasteiger partial charge in [0.2, 0.25) is 5.91 Å². The maximum Gasteiger partial charge on any atom is 0.319 e. The molecule has 0 aromatic heterocycles. The van der Waals surface area contributed by atoms with Crippen LogP contribution in [0.3, 0.4) is 0 Å². The van der Waals surface area contributed by atoms with Gasteiger partial charge in [-0.15, -0.1) is 0 Å². The third-order valence-corrected chi connectivity index (χ3v) is 4.16. The maximum atomic E-state index is 12.9. The van der Waals surface area contributed by atoms with Gasteiger partial charge >= 0.3 is 6.03 Å². The molecule has 2 aromatic carbocycles. The Balaban J connectivity index is 1.46.